The van der Waals surface area contributed by atoms with Gasteiger partial charge in [-0.25, -0.2) is 4.98 Å². The average Bonchev–Trinajstić information content (AvgIpc) is 2.85. The van der Waals surface area contributed by atoms with Crippen LogP contribution in [0.1, 0.15) is 68.2 Å². The molecule has 0 spiro atoms. The van der Waals surface area contributed by atoms with Gasteiger partial charge < -0.3 is 9.64 Å². The molecule has 0 N–H and O–H groups in total. The Labute approximate surface area is 210 Å². The lowest BCUT2D eigenvalue weighted by molar-refractivity contribution is 0.0650. The van der Waals surface area contributed by atoms with Gasteiger partial charge in [-0.3, -0.25) is 14.2 Å². The lowest BCUT2D eigenvalue weighted by Gasteiger charge is -2.32. The lowest BCUT2D eigenvalue weighted by atomic mass is 10.1. The van der Waals surface area contributed by atoms with Gasteiger partial charge in [0.2, 0.25) is 0 Å². The second kappa shape index (κ2) is 12.8. The molecule has 1 amide bonds. The predicted octanol–water partition coefficient (Wildman–Crippen LogP) is 5.98. The maximum atomic E-state index is 13.7. The number of carbonyl (C=O) groups excluding carboxylic acids is 1. The minimum absolute atomic E-state index is 0.0449. The van der Waals surface area contributed by atoms with Crippen molar-refractivity contribution < 1.29 is 9.53 Å². The van der Waals surface area contributed by atoms with Crippen molar-refractivity contribution in [3.8, 4) is 0 Å². The third-order valence-electron chi connectivity index (χ3n) is 6.08. The van der Waals surface area contributed by atoms with Crippen LogP contribution in [0.15, 0.2) is 57.8 Å². The van der Waals surface area contributed by atoms with Crippen LogP contribution in [0.2, 0.25) is 0 Å². The molecular formula is C27H34BrN3O3. The molecule has 0 aliphatic heterocycles. The fraction of sp³-hybridized carbons (Fsp3) is 0.444. The third-order valence-corrected chi connectivity index (χ3v) is 6.60. The molecule has 1 heterocycles. The summed E-state index contributed by atoms with van der Waals surface area (Å²) in [5, 5.41) is 0.575. The molecule has 3 aromatic rings. The normalized spacial score (nSPS) is 12.1. The van der Waals surface area contributed by atoms with E-state index in [2.05, 4.69) is 22.9 Å². The number of amides is 1. The maximum Gasteiger partial charge on any atom is 0.261 e. The van der Waals surface area contributed by atoms with Crippen molar-refractivity contribution in [2.45, 2.75) is 58.5 Å². The molecule has 7 heteroatoms. The van der Waals surface area contributed by atoms with Gasteiger partial charge in [0, 0.05) is 23.7 Å². The molecule has 0 saturated heterocycles. The standard InChI is InChI=1S/C27H34BrN3O3/c1-4-6-7-10-17-30(26(32)20-13-15-21(28)16-14-20)24(5-2)25-29-23-12-9-8-11-22(23)27(33)31(25)18-19-34-3/h8-9,11-16,24H,4-7,10,17-19H2,1-3H3. The number of hydrogen-bond acceptors (Lipinski definition) is 4. The lowest BCUT2D eigenvalue weighted by Crippen LogP contribution is -2.39. The number of unbranched alkanes of at least 4 members (excludes halogenated alkanes) is 3. The van der Waals surface area contributed by atoms with Crippen molar-refractivity contribution in [3.05, 3.63) is 74.7 Å². The maximum absolute atomic E-state index is 13.7. The summed E-state index contributed by atoms with van der Waals surface area (Å²) < 4.78 is 7.90. The second-order valence-corrected chi connectivity index (χ2v) is 9.34. The van der Waals surface area contributed by atoms with Gasteiger partial charge in [-0.15, -0.1) is 0 Å². The zero-order valence-corrected chi connectivity index (χ0v) is 21.9. The number of rotatable bonds is 12. The summed E-state index contributed by atoms with van der Waals surface area (Å²) in [6, 6.07) is 14.5. The highest BCUT2D eigenvalue weighted by molar-refractivity contribution is 9.10. The quantitative estimate of drug-likeness (QED) is 0.272. The Kier molecular flexibility index (Phi) is 9.84. The van der Waals surface area contributed by atoms with Crippen LogP contribution in [0.4, 0.5) is 0 Å². The van der Waals surface area contributed by atoms with Gasteiger partial charge in [0.1, 0.15) is 5.82 Å². The molecule has 0 saturated carbocycles. The van der Waals surface area contributed by atoms with Crippen LogP contribution in [0.3, 0.4) is 0 Å². The smallest absolute Gasteiger partial charge is 0.261 e. The Balaban J connectivity index is 2.10. The highest BCUT2D eigenvalue weighted by Crippen LogP contribution is 2.27. The Bertz CT molecular complexity index is 1140. The van der Waals surface area contributed by atoms with Crippen molar-refractivity contribution in [1.82, 2.24) is 14.5 Å². The molecule has 3 rings (SSSR count). The first kappa shape index (κ1) is 26.1. The van der Waals surface area contributed by atoms with E-state index in [0.717, 1.165) is 30.2 Å². The van der Waals surface area contributed by atoms with E-state index < -0.39 is 0 Å². The summed E-state index contributed by atoms with van der Waals surface area (Å²) in [5.41, 5.74) is 1.18. The highest BCUT2D eigenvalue weighted by atomic mass is 79.9. The Morgan fingerprint density at radius 1 is 1.09 bits per heavy atom. The second-order valence-electron chi connectivity index (χ2n) is 8.43. The zero-order valence-electron chi connectivity index (χ0n) is 20.3. The average molecular weight is 528 g/mol. The van der Waals surface area contributed by atoms with Crippen molar-refractivity contribution in [3.63, 3.8) is 0 Å². The Hall–Kier alpha value is -2.51. The van der Waals surface area contributed by atoms with E-state index in [1.807, 2.05) is 54.3 Å². The number of fused-ring (bicyclic) bond motifs is 1. The molecule has 0 aliphatic rings. The van der Waals surface area contributed by atoms with Crippen molar-refractivity contribution in [1.29, 1.82) is 0 Å². The van der Waals surface area contributed by atoms with Crippen LogP contribution in [0.25, 0.3) is 10.9 Å². The van der Waals surface area contributed by atoms with Crippen LogP contribution in [0, 0.1) is 0 Å². The van der Waals surface area contributed by atoms with Crippen molar-refractivity contribution >= 4 is 32.7 Å². The minimum Gasteiger partial charge on any atom is -0.383 e. The fourth-order valence-corrected chi connectivity index (χ4v) is 4.51. The molecule has 1 aromatic heterocycles. The van der Waals surface area contributed by atoms with Gasteiger partial charge in [0.15, 0.2) is 0 Å². The number of halogens is 1. The highest BCUT2D eigenvalue weighted by Gasteiger charge is 2.29. The first-order chi connectivity index (χ1) is 16.5. The van der Waals surface area contributed by atoms with E-state index in [9.17, 15) is 9.59 Å². The van der Waals surface area contributed by atoms with Gasteiger partial charge >= 0.3 is 0 Å². The molecule has 1 unspecified atom stereocenters. The number of aromatic nitrogens is 2. The Morgan fingerprint density at radius 3 is 2.50 bits per heavy atom. The predicted molar refractivity (Wildman–Crippen MR) is 140 cm³/mol. The number of ether oxygens (including phenoxy) is 1. The summed E-state index contributed by atoms with van der Waals surface area (Å²) >= 11 is 3.45. The number of methoxy groups -OCH3 is 1. The summed E-state index contributed by atoms with van der Waals surface area (Å²) in [5.74, 6) is 0.570. The molecule has 1 atom stereocenters. The molecule has 2 aromatic carbocycles. The molecular weight excluding hydrogens is 494 g/mol. The molecule has 0 radical (unpaired) electrons. The SMILES string of the molecule is CCCCCCN(C(=O)c1ccc(Br)cc1)C(CC)c1nc2ccccc2c(=O)n1CCOC. The molecule has 0 aliphatic carbocycles. The fourth-order valence-electron chi connectivity index (χ4n) is 4.25. The van der Waals surface area contributed by atoms with E-state index in [1.165, 1.54) is 0 Å². The largest absolute Gasteiger partial charge is 0.383 e. The third kappa shape index (κ3) is 6.13. The van der Waals surface area contributed by atoms with E-state index >= 15 is 0 Å². The van der Waals surface area contributed by atoms with Crippen molar-refractivity contribution in [2.24, 2.45) is 0 Å². The summed E-state index contributed by atoms with van der Waals surface area (Å²) in [7, 11) is 1.62. The Morgan fingerprint density at radius 2 is 1.82 bits per heavy atom. The van der Waals surface area contributed by atoms with Gasteiger partial charge in [-0.05, 0) is 49.2 Å². The zero-order chi connectivity index (χ0) is 24.5. The summed E-state index contributed by atoms with van der Waals surface area (Å²) in [6.45, 7) is 5.60. The number of carbonyl (C=O) groups is 1. The summed E-state index contributed by atoms with van der Waals surface area (Å²) in [4.78, 5) is 34.0. The number of nitrogens with zero attached hydrogens (tertiary/aromatic N) is 3. The number of benzene rings is 2. The van der Waals surface area contributed by atoms with E-state index in [4.69, 9.17) is 9.72 Å². The molecule has 0 bridgehead atoms. The van der Waals surface area contributed by atoms with Crippen LogP contribution < -0.4 is 5.56 Å². The van der Waals surface area contributed by atoms with E-state index in [-0.39, 0.29) is 17.5 Å². The van der Waals surface area contributed by atoms with Gasteiger partial charge in [-0.1, -0.05) is 61.2 Å². The molecule has 0 fully saturated rings. The van der Waals surface area contributed by atoms with Crippen molar-refractivity contribution in [2.75, 3.05) is 20.3 Å². The number of para-hydroxylation sites is 1. The van der Waals surface area contributed by atoms with Gasteiger partial charge in [0.05, 0.1) is 30.1 Å². The molecule has 182 valence electrons. The minimum atomic E-state index is -0.327. The molecule has 6 nitrogen and oxygen atoms in total. The van der Waals surface area contributed by atoms with Crippen LogP contribution >= 0.6 is 15.9 Å². The summed E-state index contributed by atoms with van der Waals surface area (Å²) in [6.07, 6.45) is 4.86. The van der Waals surface area contributed by atoms with Crippen LogP contribution in [-0.2, 0) is 11.3 Å². The topological polar surface area (TPSA) is 64.4 Å². The monoisotopic (exact) mass is 527 g/mol. The van der Waals surface area contributed by atoms with Gasteiger partial charge in [-0.2, -0.15) is 0 Å². The molecule has 34 heavy (non-hydrogen) atoms. The van der Waals surface area contributed by atoms with E-state index in [0.29, 0.717) is 48.4 Å². The van der Waals surface area contributed by atoms with E-state index in [1.54, 1.807) is 17.7 Å². The number of hydrogen-bond donors (Lipinski definition) is 0. The van der Waals surface area contributed by atoms with Crippen LogP contribution in [0.5, 0.6) is 0 Å². The van der Waals surface area contributed by atoms with Crippen LogP contribution in [-0.4, -0.2) is 40.6 Å². The van der Waals surface area contributed by atoms with Gasteiger partial charge in [0.25, 0.3) is 11.5 Å². The first-order valence-corrected chi connectivity index (χ1v) is 12.9. The first-order valence-electron chi connectivity index (χ1n) is 12.1.